The van der Waals surface area contributed by atoms with Crippen LogP contribution >= 0.6 is 34.2 Å². The summed E-state index contributed by atoms with van der Waals surface area (Å²) < 4.78 is 5.59. The zero-order valence-electron chi connectivity index (χ0n) is 9.50. The Bertz CT molecular complexity index is 443. The summed E-state index contributed by atoms with van der Waals surface area (Å²) in [5.41, 5.74) is 0.969. The van der Waals surface area contributed by atoms with E-state index < -0.39 is 5.38 Å². The third-order valence-corrected chi connectivity index (χ3v) is 3.20. The molecule has 0 aliphatic heterocycles. The standard InChI is InChI=1S/C12H12ClIO3/c1-3-17-12(16)9-5-4-8(6-10(9)14)11(15)7(2)13/h4-7H,3H2,1-2H3. The number of hydrogen-bond donors (Lipinski definition) is 0. The van der Waals surface area contributed by atoms with Crippen molar-refractivity contribution in [3.63, 3.8) is 0 Å². The summed E-state index contributed by atoms with van der Waals surface area (Å²) in [4.78, 5) is 23.2. The third kappa shape index (κ3) is 3.67. The highest BCUT2D eigenvalue weighted by Crippen LogP contribution is 2.18. The van der Waals surface area contributed by atoms with Gasteiger partial charge in [-0.25, -0.2) is 4.79 Å². The highest BCUT2D eigenvalue weighted by molar-refractivity contribution is 14.1. The molecular formula is C12H12ClIO3. The van der Waals surface area contributed by atoms with E-state index >= 15 is 0 Å². The molecule has 0 fully saturated rings. The molecule has 0 aliphatic carbocycles. The Hall–Kier alpha value is -0.620. The van der Waals surface area contributed by atoms with E-state index in [0.717, 1.165) is 0 Å². The Balaban J connectivity index is 3.02. The molecular weight excluding hydrogens is 354 g/mol. The Kier molecular flexibility index (Phi) is 5.39. The largest absolute Gasteiger partial charge is 0.462 e. The lowest BCUT2D eigenvalue weighted by Gasteiger charge is -2.07. The Morgan fingerprint density at radius 2 is 2.12 bits per heavy atom. The van der Waals surface area contributed by atoms with E-state index in [1.807, 2.05) is 22.6 Å². The van der Waals surface area contributed by atoms with Gasteiger partial charge in [0.05, 0.1) is 17.5 Å². The topological polar surface area (TPSA) is 43.4 Å². The maximum atomic E-state index is 11.7. The summed E-state index contributed by atoms with van der Waals surface area (Å²) >= 11 is 7.73. The highest BCUT2D eigenvalue weighted by atomic mass is 127. The number of alkyl halides is 1. The van der Waals surface area contributed by atoms with E-state index in [2.05, 4.69) is 0 Å². The molecule has 0 amide bonds. The molecule has 17 heavy (non-hydrogen) atoms. The lowest BCUT2D eigenvalue weighted by Crippen LogP contribution is -2.12. The van der Waals surface area contributed by atoms with Gasteiger partial charge in [0.1, 0.15) is 0 Å². The van der Waals surface area contributed by atoms with E-state index in [1.165, 1.54) is 0 Å². The number of carbonyl (C=O) groups excluding carboxylic acids is 2. The fraction of sp³-hybridized carbons (Fsp3) is 0.333. The van der Waals surface area contributed by atoms with E-state index in [0.29, 0.717) is 21.3 Å². The molecule has 0 saturated heterocycles. The van der Waals surface area contributed by atoms with Gasteiger partial charge in [0.15, 0.2) is 5.78 Å². The van der Waals surface area contributed by atoms with Gasteiger partial charge in [-0.15, -0.1) is 11.6 Å². The van der Waals surface area contributed by atoms with Crippen molar-refractivity contribution in [3.8, 4) is 0 Å². The minimum Gasteiger partial charge on any atom is -0.462 e. The fourth-order valence-corrected chi connectivity index (χ4v) is 2.13. The van der Waals surface area contributed by atoms with Crippen LogP contribution in [0, 0.1) is 3.57 Å². The summed E-state index contributed by atoms with van der Waals surface area (Å²) in [5, 5.41) is -0.570. The Morgan fingerprint density at radius 3 is 2.59 bits per heavy atom. The van der Waals surface area contributed by atoms with Gasteiger partial charge in [-0.05, 0) is 48.6 Å². The van der Waals surface area contributed by atoms with Crippen LogP contribution in [0.15, 0.2) is 18.2 Å². The molecule has 0 N–H and O–H groups in total. The first-order valence-electron chi connectivity index (χ1n) is 5.12. The average Bonchev–Trinajstić information content (AvgIpc) is 2.27. The van der Waals surface area contributed by atoms with Crippen molar-refractivity contribution in [1.29, 1.82) is 0 Å². The molecule has 1 aromatic rings. The van der Waals surface area contributed by atoms with Crippen LogP contribution in [0.1, 0.15) is 34.6 Å². The number of halogens is 2. The van der Waals surface area contributed by atoms with Crippen molar-refractivity contribution in [2.75, 3.05) is 6.61 Å². The Morgan fingerprint density at radius 1 is 1.47 bits per heavy atom. The molecule has 0 bridgehead atoms. The van der Waals surface area contributed by atoms with Crippen molar-refractivity contribution in [1.82, 2.24) is 0 Å². The SMILES string of the molecule is CCOC(=O)c1ccc(C(=O)C(C)Cl)cc1I. The molecule has 3 nitrogen and oxygen atoms in total. The molecule has 5 heteroatoms. The lowest BCUT2D eigenvalue weighted by molar-refractivity contribution is 0.0525. The average molecular weight is 367 g/mol. The number of hydrogen-bond acceptors (Lipinski definition) is 3. The number of Topliss-reactive ketones (excluding diaryl/α,β-unsaturated/α-hetero) is 1. The summed E-state index contributed by atoms with van der Waals surface area (Å²) in [6, 6.07) is 4.83. The fourth-order valence-electron chi connectivity index (χ4n) is 1.27. The van der Waals surface area contributed by atoms with Gasteiger partial charge in [0.25, 0.3) is 0 Å². The van der Waals surface area contributed by atoms with Gasteiger partial charge in [-0.1, -0.05) is 6.07 Å². The van der Waals surface area contributed by atoms with E-state index in [9.17, 15) is 9.59 Å². The molecule has 0 aromatic heterocycles. The molecule has 0 spiro atoms. The van der Waals surface area contributed by atoms with Crippen LogP contribution in [0.5, 0.6) is 0 Å². The molecule has 0 radical (unpaired) electrons. The first kappa shape index (κ1) is 14.4. The molecule has 1 atom stereocenters. The predicted molar refractivity (Wildman–Crippen MR) is 74.8 cm³/mol. The highest BCUT2D eigenvalue weighted by Gasteiger charge is 2.16. The van der Waals surface area contributed by atoms with Crippen LogP contribution in [-0.2, 0) is 4.74 Å². The number of ketones is 1. The first-order chi connectivity index (χ1) is 7.97. The van der Waals surface area contributed by atoms with Crippen LogP contribution in [-0.4, -0.2) is 23.7 Å². The van der Waals surface area contributed by atoms with Crippen molar-refractivity contribution in [2.24, 2.45) is 0 Å². The Labute approximate surface area is 119 Å². The second-order valence-electron chi connectivity index (χ2n) is 3.40. The van der Waals surface area contributed by atoms with Crippen molar-refractivity contribution >= 4 is 45.9 Å². The number of esters is 1. The normalized spacial score (nSPS) is 12.0. The molecule has 0 saturated carbocycles. The number of benzene rings is 1. The second-order valence-corrected chi connectivity index (χ2v) is 5.21. The van der Waals surface area contributed by atoms with Gasteiger partial charge in [-0.3, -0.25) is 4.79 Å². The van der Waals surface area contributed by atoms with Gasteiger partial charge < -0.3 is 4.74 Å². The zero-order chi connectivity index (χ0) is 13.0. The number of carbonyl (C=O) groups is 2. The quantitative estimate of drug-likeness (QED) is 0.355. The minimum absolute atomic E-state index is 0.153. The van der Waals surface area contributed by atoms with Gasteiger partial charge in [0.2, 0.25) is 0 Å². The number of ether oxygens (including phenoxy) is 1. The van der Waals surface area contributed by atoms with Crippen molar-refractivity contribution in [2.45, 2.75) is 19.2 Å². The summed E-state index contributed by atoms with van der Waals surface area (Å²) in [5.74, 6) is -0.533. The molecule has 0 heterocycles. The van der Waals surface area contributed by atoms with Crippen LogP contribution < -0.4 is 0 Å². The minimum atomic E-state index is -0.570. The van der Waals surface area contributed by atoms with Crippen molar-refractivity contribution in [3.05, 3.63) is 32.9 Å². The van der Waals surface area contributed by atoms with E-state index in [1.54, 1.807) is 32.0 Å². The summed E-state index contributed by atoms with van der Waals surface area (Å²) in [7, 11) is 0. The summed E-state index contributed by atoms with van der Waals surface area (Å²) in [6.45, 7) is 3.70. The zero-order valence-corrected chi connectivity index (χ0v) is 12.4. The monoisotopic (exact) mass is 366 g/mol. The molecule has 1 unspecified atom stereocenters. The first-order valence-corrected chi connectivity index (χ1v) is 6.63. The van der Waals surface area contributed by atoms with Gasteiger partial charge in [-0.2, -0.15) is 0 Å². The maximum Gasteiger partial charge on any atom is 0.339 e. The molecule has 1 rings (SSSR count). The van der Waals surface area contributed by atoms with Crippen LogP contribution in [0.4, 0.5) is 0 Å². The molecule has 92 valence electrons. The summed E-state index contributed by atoms with van der Waals surface area (Å²) in [6.07, 6.45) is 0. The van der Waals surface area contributed by atoms with E-state index in [4.69, 9.17) is 16.3 Å². The van der Waals surface area contributed by atoms with Crippen LogP contribution in [0.3, 0.4) is 0 Å². The second kappa shape index (κ2) is 6.35. The van der Waals surface area contributed by atoms with Crippen LogP contribution in [0.25, 0.3) is 0 Å². The third-order valence-electron chi connectivity index (χ3n) is 2.11. The van der Waals surface area contributed by atoms with E-state index in [-0.39, 0.29) is 11.8 Å². The predicted octanol–water partition coefficient (Wildman–Crippen LogP) is 3.28. The molecule has 1 aromatic carbocycles. The van der Waals surface area contributed by atoms with Gasteiger partial charge >= 0.3 is 5.97 Å². The van der Waals surface area contributed by atoms with Crippen LogP contribution in [0.2, 0.25) is 0 Å². The van der Waals surface area contributed by atoms with Crippen molar-refractivity contribution < 1.29 is 14.3 Å². The molecule has 0 aliphatic rings. The number of rotatable bonds is 4. The maximum absolute atomic E-state index is 11.7. The lowest BCUT2D eigenvalue weighted by atomic mass is 10.1. The smallest absolute Gasteiger partial charge is 0.339 e. The van der Waals surface area contributed by atoms with Gasteiger partial charge in [0, 0.05) is 9.13 Å².